The van der Waals surface area contributed by atoms with Gasteiger partial charge in [-0.25, -0.2) is 0 Å². The van der Waals surface area contributed by atoms with Crippen molar-refractivity contribution >= 4 is 23.0 Å². The Morgan fingerprint density at radius 3 is 2.67 bits per heavy atom. The Bertz CT molecular complexity index is 271. The van der Waals surface area contributed by atoms with Gasteiger partial charge in [0.2, 0.25) is 0 Å². The van der Waals surface area contributed by atoms with Crippen molar-refractivity contribution in [1.29, 1.82) is 0 Å². The molecule has 0 aromatic heterocycles. The summed E-state index contributed by atoms with van der Waals surface area (Å²) in [7, 11) is 0. The molecule has 3 N–H and O–H groups in total. The minimum Gasteiger partial charge on any atom is -0.396 e. The predicted octanol–water partition coefficient (Wildman–Crippen LogP) is 2.74. The number of para-hydroxylation sites is 1. The highest BCUT2D eigenvalue weighted by molar-refractivity contribution is 6.33. The monoisotopic (exact) mass is 184 g/mol. The molecule has 0 amide bonds. The Kier molecular flexibility index (Phi) is 2.82. The molecule has 1 rings (SSSR count). The molecule has 0 spiro atoms. The predicted molar refractivity (Wildman–Crippen MR) is 54.6 cm³/mol. The minimum absolute atomic E-state index is 0.366. The summed E-state index contributed by atoms with van der Waals surface area (Å²) in [5.74, 6) is 0. The van der Waals surface area contributed by atoms with Crippen LogP contribution in [-0.2, 0) is 0 Å². The van der Waals surface area contributed by atoms with Crippen LogP contribution in [-0.4, -0.2) is 6.04 Å². The van der Waals surface area contributed by atoms with Gasteiger partial charge in [0.1, 0.15) is 0 Å². The van der Waals surface area contributed by atoms with Crippen LogP contribution >= 0.6 is 11.6 Å². The van der Waals surface area contributed by atoms with Crippen molar-refractivity contribution in [3.05, 3.63) is 23.2 Å². The second kappa shape index (κ2) is 3.68. The number of nitrogens with two attached hydrogens (primary N) is 1. The zero-order valence-electron chi connectivity index (χ0n) is 7.26. The molecule has 12 heavy (non-hydrogen) atoms. The summed E-state index contributed by atoms with van der Waals surface area (Å²) in [6, 6.07) is 5.94. The Hall–Kier alpha value is -0.890. The van der Waals surface area contributed by atoms with Crippen molar-refractivity contribution in [3.63, 3.8) is 0 Å². The van der Waals surface area contributed by atoms with Gasteiger partial charge in [-0.2, -0.15) is 0 Å². The van der Waals surface area contributed by atoms with Gasteiger partial charge in [0.25, 0.3) is 0 Å². The summed E-state index contributed by atoms with van der Waals surface area (Å²) in [5, 5.41) is 3.80. The second-order valence-electron chi connectivity index (χ2n) is 3.00. The van der Waals surface area contributed by atoms with Crippen LogP contribution in [0.25, 0.3) is 0 Å². The van der Waals surface area contributed by atoms with Crippen LogP contribution in [0.4, 0.5) is 11.4 Å². The van der Waals surface area contributed by atoms with Gasteiger partial charge in [0, 0.05) is 6.04 Å². The highest BCUT2D eigenvalue weighted by Crippen LogP contribution is 2.26. The summed E-state index contributed by atoms with van der Waals surface area (Å²) in [4.78, 5) is 0. The Morgan fingerprint density at radius 2 is 2.08 bits per heavy atom. The number of halogens is 1. The quantitative estimate of drug-likeness (QED) is 0.694. The maximum Gasteiger partial charge on any atom is 0.0739 e. The molecule has 0 aliphatic rings. The van der Waals surface area contributed by atoms with E-state index in [9.17, 15) is 0 Å². The van der Waals surface area contributed by atoms with Gasteiger partial charge in [0.15, 0.2) is 0 Å². The van der Waals surface area contributed by atoms with Crippen molar-refractivity contribution in [3.8, 4) is 0 Å². The molecule has 0 aliphatic heterocycles. The third kappa shape index (κ3) is 2.05. The molecule has 1 aromatic rings. The smallest absolute Gasteiger partial charge is 0.0739 e. The van der Waals surface area contributed by atoms with Crippen LogP contribution < -0.4 is 11.1 Å². The first-order chi connectivity index (χ1) is 5.61. The van der Waals surface area contributed by atoms with E-state index in [1.165, 1.54) is 0 Å². The van der Waals surface area contributed by atoms with Gasteiger partial charge in [-0.15, -0.1) is 0 Å². The zero-order valence-corrected chi connectivity index (χ0v) is 8.02. The van der Waals surface area contributed by atoms with E-state index >= 15 is 0 Å². The standard InChI is InChI=1S/C9H13ClN2/c1-6(2)12-8-5-3-4-7(10)9(8)11/h3-6,12H,11H2,1-2H3. The lowest BCUT2D eigenvalue weighted by Gasteiger charge is -2.12. The van der Waals surface area contributed by atoms with E-state index in [2.05, 4.69) is 19.2 Å². The van der Waals surface area contributed by atoms with Crippen molar-refractivity contribution in [1.82, 2.24) is 0 Å². The van der Waals surface area contributed by atoms with E-state index < -0.39 is 0 Å². The van der Waals surface area contributed by atoms with Crippen LogP contribution in [0.3, 0.4) is 0 Å². The second-order valence-corrected chi connectivity index (χ2v) is 3.41. The molecule has 66 valence electrons. The summed E-state index contributed by atoms with van der Waals surface area (Å²) >= 11 is 5.83. The lowest BCUT2D eigenvalue weighted by atomic mass is 10.2. The number of rotatable bonds is 2. The first kappa shape index (κ1) is 9.20. The molecule has 0 saturated heterocycles. The van der Waals surface area contributed by atoms with Gasteiger partial charge < -0.3 is 11.1 Å². The Morgan fingerprint density at radius 1 is 1.42 bits per heavy atom. The topological polar surface area (TPSA) is 38.0 Å². The molecule has 0 saturated carbocycles. The van der Waals surface area contributed by atoms with Gasteiger partial charge in [-0.3, -0.25) is 0 Å². The van der Waals surface area contributed by atoms with Crippen molar-refractivity contribution in [2.45, 2.75) is 19.9 Å². The average molecular weight is 185 g/mol. The molecule has 0 unspecified atom stereocenters. The van der Waals surface area contributed by atoms with Crippen LogP contribution in [0, 0.1) is 0 Å². The number of benzene rings is 1. The molecular weight excluding hydrogens is 172 g/mol. The molecule has 3 heteroatoms. The summed E-state index contributed by atoms with van der Waals surface area (Å²) in [6.07, 6.45) is 0. The highest BCUT2D eigenvalue weighted by atomic mass is 35.5. The maximum absolute atomic E-state index is 5.83. The van der Waals surface area contributed by atoms with Crippen molar-refractivity contribution < 1.29 is 0 Å². The number of hydrogen-bond acceptors (Lipinski definition) is 2. The lowest BCUT2D eigenvalue weighted by molar-refractivity contribution is 0.900. The zero-order chi connectivity index (χ0) is 9.14. The normalized spacial score (nSPS) is 10.3. The molecular formula is C9H13ClN2. The number of nitrogen functional groups attached to an aromatic ring is 1. The van der Waals surface area contributed by atoms with E-state index in [4.69, 9.17) is 17.3 Å². The molecule has 0 radical (unpaired) electrons. The summed E-state index contributed by atoms with van der Waals surface area (Å²) in [5.41, 5.74) is 7.26. The Balaban J connectivity index is 2.92. The van der Waals surface area contributed by atoms with E-state index in [1.54, 1.807) is 6.07 Å². The summed E-state index contributed by atoms with van der Waals surface area (Å²) in [6.45, 7) is 4.11. The fourth-order valence-corrected chi connectivity index (χ4v) is 1.15. The third-order valence-electron chi connectivity index (χ3n) is 1.50. The van der Waals surface area contributed by atoms with Gasteiger partial charge >= 0.3 is 0 Å². The maximum atomic E-state index is 5.83. The van der Waals surface area contributed by atoms with Crippen molar-refractivity contribution in [2.75, 3.05) is 11.1 Å². The molecule has 0 bridgehead atoms. The van der Waals surface area contributed by atoms with E-state index in [1.807, 2.05) is 12.1 Å². The molecule has 0 heterocycles. The first-order valence-electron chi connectivity index (χ1n) is 3.92. The van der Waals surface area contributed by atoms with Gasteiger partial charge in [-0.05, 0) is 26.0 Å². The average Bonchev–Trinajstić information content (AvgIpc) is 1.98. The molecule has 0 fully saturated rings. The van der Waals surface area contributed by atoms with Crippen LogP contribution in [0.1, 0.15) is 13.8 Å². The molecule has 2 nitrogen and oxygen atoms in total. The van der Waals surface area contributed by atoms with Gasteiger partial charge in [0.05, 0.1) is 16.4 Å². The van der Waals surface area contributed by atoms with E-state index in [0.29, 0.717) is 16.8 Å². The summed E-state index contributed by atoms with van der Waals surface area (Å²) < 4.78 is 0. The van der Waals surface area contributed by atoms with Crippen LogP contribution in [0.15, 0.2) is 18.2 Å². The number of nitrogens with one attached hydrogen (secondary N) is 1. The fraction of sp³-hybridized carbons (Fsp3) is 0.333. The molecule has 1 aromatic carbocycles. The van der Waals surface area contributed by atoms with E-state index in [0.717, 1.165) is 5.69 Å². The molecule has 0 aliphatic carbocycles. The van der Waals surface area contributed by atoms with Crippen molar-refractivity contribution in [2.24, 2.45) is 0 Å². The first-order valence-corrected chi connectivity index (χ1v) is 4.29. The molecule has 0 atom stereocenters. The van der Waals surface area contributed by atoms with Gasteiger partial charge in [-0.1, -0.05) is 17.7 Å². The fourth-order valence-electron chi connectivity index (χ4n) is 0.974. The SMILES string of the molecule is CC(C)Nc1cccc(Cl)c1N. The van der Waals surface area contributed by atoms with E-state index in [-0.39, 0.29) is 0 Å². The number of hydrogen-bond donors (Lipinski definition) is 2. The van der Waals surface area contributed by atoms with Crippen LogP contribution in [0.5, 0.6) is 0 Å². The minimum atomic E-state index is 0.366. The number of anilines is 2. The highest BCUT2D eigenvalue weighted by Gasteiger charge is 2.02. The Labute approximate surface area is 77.7 Å². The van der Waals surface area contributed by atoms with Crippen LogP contribution in [0.2, 0.25) is 5.02 Å². The largest absolute Gasteiger partial charge is 0.396 e. The third-order valence-corrected chi connectivity index (χ3v) is 1.83. The lowest BCUT2D eigenvalue weighted by Crippen LogP contribution is -2.11.